The number of urea groups is 1. The molecule has 0 aliphatic carbocycles. The largest absolute Gasteiger partial charge is 0.371 e. The zero-order valence-electron chi connectivity index (χ0n) is 18.2. The maximum atomic E-state index is 12.8. The molecule has 0 unspecified atom stereocenters. The van der Waals surface area contributed by atoms with E-state index in [1.54, 1.807) is 6.07 Å². The minimum atomic E-state index is -0.325. The van der Waals surface area contributed by atoms with E-state index >= 15 is 0 Å². The van der Waals surface area contributed by atoms with Crippen LogP contribution in [-0.4, -0.2) is 31.6 Å². The lowest BCUT2D eigenvalue weighted by atomic mass is 10.1. The van der Waals surface area contributed by atoms with E-state index in [0.29, 0.717) is 17.8 Å². The van der Waals surface area contributed by atoms with Gasteiger partial charge in [-0.05, 0) is 74.9 Å². The number of piperidine rings is 1. The number of aryl methyl sites for hydroxylation is 1. The van der Waals surface area contributed by atoms with Crippen LogP contribution in [0.5, 0.6) is 0 Å². The number of amides is 3. The highest BCUT2D eigenvalue weighted by atomic mass is 16.2. The van der Waals surface area contributed by atoms with Crippen molar-refractivity contribution < 1.29 is 9.59 Å². The predicted molar refractivity (Wildman–Crippen MR) is 124 cm³/mol. The van der Waals surface area contributed by atoms with Crippen LogP contribution in [-0.2, 0) is 0 Å². The van der Waals surface area contributed by atoms with Gasteiger partial charge in [-0.25, -0.2) is 4.79 Å². The molecule has 1 aliphatic rings. The smallest absolute Gasteiger partial charge is 0.323 e. The lowest BCUT2D eigenvalue weighted by Gasteiger charge is -2.30. The van der Waals surface area contributed by atoms with Crippen molar-refractivity contribution >= 4 is 29.0 Å². The number of nitrogens with zero attached hydrogens (tertiary/aromatic N) is 1. The summed E-state index contributed by atoms with van der Waals surface area (Å²) >= 11 is 0. The summed E-state index contributed by atoms with van der Waals surface area (Å²) in [7, 11) is 0. The van der Waals surface area contributed by atoms with Crippen molar-refractivity contribution in [3.63, 3.8) is 0 Å². The number of hydrogen-bond acceptors (Lipinski definition) is 3. The molecule has 1 saturated heterocycles. The Labute approximate surface area is 179 Å². The van der Waals surface area contributed by atoms with Gasteiger partial charge in [0, 0.05) is 36.7 Å². The number of benzene rings is 2. The van der Waals surface area contributed by atoms with Gasteiger partial charge >= 0.3 is 6.03 Å². The van der Waals surface area contributed by atoms with Crippen LogP contribution in [0, 0.1) is 13.8 Å². The molecule has 30 heavy (non-hydrogen) atoms. The Morgan fingerprint density at radius 3 is 2.50 bits per heavy atom. The third-order valence-electron chi connectivity index (χ3n) is 5.58. The van der Waals surface area contributed by atoms with Gasteiger partial charge in [0.1, 0.15) is 0 Å². The zero-order valence-corrected chi connectivity index (χ0v) is 18.2. The topological polar surface area (TPSA) is 73.5 Å². The molecule has 3 rings (SSSR count). The van der Waals surface area contributed by atoms with Crippen LogP contribution in [0.2, 0.25) is 0 Å². The first kappa shape index (κ1) is 21.7. The van der Waals surface area contributed by atoms with Gasteiger partial charge in [0.25, 0.3) is 5.91 Å². The van der Waals surface area contributed by atoms with Gasteiger partial charge in [0.2, 0.25) is 0 Å². The predicted octanol–water partition coefficient (Wildman–Crippen LogP) is 5.08. The molecule has 0 saturated carbocycles. The highest BCUT2D eigenvalue weighted by Gasteiger charge is 2.19. The van der Waals surface area contributed by atoms with Crippen LogP contribution in [0.25, 0.3) is 0 Å². The number of carbonyl (C=O) groups excluding carboxylic acids is 2. The summed E-state index contributed by atoms with van der Waals surface area (Å²) in [5.74, 6) is -0.101. The van der Waals surface area contributed by atoms with E-state index in [9.17, 15) is 9.59 Å². The second kappa shape index (κ2) is 10.1. The molecule has 2 aromatic rings. The molecule has 1 fully saturated rings. The quantitative estimate of drug-likeness (QED) is 0.624. The lowest BCUT2D eigenvalue weighted by Crippen LogP contribution is -2.33. The third-order valence-corrected chi connectivity index (χ3v) is 5.58. The summed E-state index contributed by atoms with van der Waals surface area (Å²) in [5.41, 5.74) is 5.07. The van der Waals surface area contributed by atoms with E-state index in [2.05, 4.69) is 20.9 Å². The normalized spacial score (nSPS) is 13.6. The zero-order chi connectivity index (χ0) is 21.5. The maximum Gasteiger partial charge on any atom is 0.323 e. The molecule has 6 heteroatoms. The lowest BCUT2D eigenvalue weighted by molar-refractivity contribution is 0.0954. The van der Waals surface area contributed by atoms with E-state index in [0.717, 1.165) is 54.9 Å². The van der Waals surface area contributed by atoms with Crippen molar-refractivity contribution in [3.05, 3.63) is 53.1 Å². The van der Waals surface area contributed by atoms with Crippen molar-refractivity contribution in [1.29, 1.82) is 0 Å². The van der Waals surface area contributed by atoms with Crippen LogP contribution in [0.15, 0.2) is 36.4 Å². The van der Waals surface area contributed by atoms with Crippen LogP contribution in [0.3, 0.4) is 0 Å². The molecule has 2 aromatic carbocycles. The highest BCUT2D eigenvalue weighted by molar-refractivity contribution is 6.04. The SMILES string of the molecule is CCCNC(=O)c1cc(NC(=O)Nc2cccc(C)c2C)ccc1N1CCCCC1. The van der Waals surface area contributed by atoms with Crippen LogP contribution >= 0.6 is 0 Å². The van der Waals surface area contributed by atoms with Gasteiger partial charge in [0.15, 0.2) is 0 Å². The standard InChI is InChI=1S/C24H32N4O2/c1-4-13-25-23(29)20-16-19(11-12-22(20)28-14-6-5-7-15-28)26-24(30)27-21-10-8-9-17(2)18(21)3/h8-12,16H,4-7,13-15H2,1-3H3,(H,25,29)(H2,26,27,30). The molecule has 0 spiro atoms. The Morgan fingerprint density at radius 2 is 1.77 bits per heavy atom. The molecule has 0 atom stereocenters. The number of rotatable bonds is 6. The summed E-state index contributed by atoms with van der Waals surface area (Å²) < 4.78 is 0. The first-order valence-corrected chi connectivity index (χ1v) is 10.8. The number of anilines is 3. The Morgan fingerprint density at radius 1 is 1.00 bits per heavy atom. The molecule has 6 nitrogen and oxygen atoms in total. The van der Waals surface area contributed by atoms with Crippen molar-refractivity contribution in [2.75, 3.05) is 35.2 Å². The minimum Gasteiger partial charge on any atom is -0.371 e. The second-order valence-corrected chi connectivity index (χ2v) is 7.86. The number of nitrogens with one attached hydrogen (secondary N) is 3. The fraction of sp³-hybridized carbons (Fsp3) is 0.417. The van der Waals surface area contributed by atoms with E-state index < -0.39 is 0 Å². The summed E-state index contributed by atoms with van der Waals surface area (Å²) in [6, 6.07) is 11.1. The Hall–Kier alpha value is -3.02. The van der Waals surface area contributed by atoms with Gasteiger partial charge in [0.05, 0.1) is 5.56 Å². The van der Waals surface area contributed by atoms with Crippen LogP contribution in [0.1, 0.15) is 54.1 Å². The first-order chi connectivity index (χ1) is 14.5. The molecule has 1 heterocycles. The van der Waals surface area contributed by atoms with E-state index in [-0.39, 0.29) is 11.9 Å². The summed E-state index contributed by atoms with van der Waals surface area (Å²) in [6.45, 7) is 8.56. The molecular weight excluding hydrogens is 376 g/mol. The molecule has 160 valence electrons. The van der Waals surface area contributed by atoms with Crippen molar-refractivity contribution in [1.82, 2.24) is 5.32 Å². The van der Waals surface area contributed by atoms with Gasteiger partial charge in [-0.3, -0.25) is 4.79 Å². The molecule has 0 bridgehead atoms. The molecular formula is C24H32N4O2. The monoisotopic (exact) mass is 408 g/mol. The van der Waals surface area contributed by atoms with Gasteiger partial charge in [-0.2, -0.15) is 0 Å². The second-order valence-electron chi connectivity index (χ2n) is 7.86. The Bertz CT molecular complexity index is 904. The van der Waals surface area contributed by atoms with Crippen LogP contribution < -0.4 is 20.9 Å². The summed E-state index contributed by atoms with van der Waals surface area (Å²) in [6.07, 6.45) is 4.37. The molecule has 1 aliphatic heterocycles. The fourth-order valence-corrected chi connectivity index (χ4v) is 3.71. The van der Waals surface area contributed by atoms with Crippen molar-refractivity contribution in [2.24, 2.45) is 0 Å². The Balaban J connectivity index is 1.79. The molecule has 3 N–H and O–H groups in total. The van der Waals surface area contributed by atoms with E-state index in [1.807, 2.05) is 51.1 Å². The van der Waals surface area contributed by atoms with Crippen molar-refractivity contribution in [3.8, 4) is 0 Å². The molecule has 3 amide bonds. The molecule has 0 aromatic heterocycles. The summed E-state index contributed by atoms with van der Waals surface area (Å²) in [5, 5.41) is 8.74. The van der Waals surface area contributed by atoms with Crippen LogP contribution in [0.4, 0.5) is 21.9 Å². The molecule has 0 radical (unpaired) electrons. The third kappa shape index (κ3) is 5.32. The number of hydrogen-bond donors (Lipinski definition) is 3. The maximum absolute atomic E-state index is 12.8. The van der Waals surface area contributed by atoms with Gasteiger partial charge in [-0.15, -0.1) is 0 Å². The van der Waals surface area contributed by atoms with E-state index in [4.69, 9.17) is 0 Å². The number of carbonyl (C=O) groups is 2. The minimum absolute atomic E-state index is 0.101. The fourth-order valence-electron chi connectivity index (χ4n) is 3.71. The van der Waals surface area contributed by atoms with Gasteiger partial charge < -0.3 is 20.9 Å². The average molecular weight is 409 g/mol. The summed E-state index contributed by atoms with van der Waals surface area (Å²) in [4.78, 5) is 27.6. The van der Waals surface area contributed by atoms with Crippen molar-refractivity contribution in [2.45, 2.75) is 46.5 Å². The first-order valence-electron chi connectivity index (χ1n) is 10.8. The van der Waals surface area contributed by atoms with E-state index in [1.165, 1.54) is 6.42 Å². The van der Waals surface area contributed by atoms with Gasteiger partial charge in [-0.1, -0.05) is 19.1 Å². The Kier molecular flexibility index (Phi) is 7.33. The highest BCUT2D eigenvalue weighted by Crippen LogP contribution is 2.27. The average Bonchev–Trinajstić information content (AvgIpc) is 2.76.